The number of hydrogen-bond acceptors (Lipinski definition) is 5. The standard InChI is InChI=1S/C26H31N3O6/c1-26(2,24(33)27-3)15-28-23(32)21(12-13-22(30)31)29-25(34)35-14-20-18-10-6-4-8-16(18)17-9-5-7-11-19(17)20/h4-11,20-21H,12-15H2,1-3H3,(H,27,33)(H,28,32)(H,29,34)(H,30,31). The highest BCUT2D eigenvalue weighted by Gasteiger charge is 2.31. The lowest BCUT2D eigenvalue weighted by atomic mass is 9.92. The molecule has 1 aliphatic rings. The van der Waals surface area contributed by atoms with Crippen molar-refractivity contribution in [1.82, 2.24) is 16.0 Å². The van der Waals surface area contributed by atoms with Crippen molar-refractivity contribution in [3.8, 4) is 11.1 Å². The van der Waals surface area contributed by atoms with Gasteiger partial charge < -0.3 is 25.8 Å². The van der Waals surface area contributed by atoms with Gasteiger partial charge in [0.2, 0.25) is 11.8 Å². The van der Waals surface area contributed by atoms with Gasteiger partial charge in [0, 0.05) is 25.9 Å². The van der Waals surface area contributed by atoms with E-state index in [1.807, 2.05) is 48.5 Å². The van der Waals surface area contributed by atoms with Crippen molar-refractivity contribution in [2.45, 2.75) is 38.6 Å². The van der Waals surface area contributed by atoms with E-state index in [0.29, 0.717) is 0 Å². The Morgan fingerprint density at radius 2 is 1.57 bits per heavy atom. The van der Waals surface area contributed by atoms with Crippen LogP contribution >= 0.6 is 0 Å². The fourth-order valence-electron chi connectivity index (χ4n) is 4.17. The van der Waals surface area contributed by atoms with E-state index in [1.54, 1.807) is 13.8 Å². The minimum absolute atomic E-state index is 0.0153. The molecular formula is C26H31N3O6. The second kappa shape index (κ2) is 11.0. The summed E-state index contributed by atoms with van der Waals surface area (Å²) in [6.45, 7) is 3.41. The van der Waals surface area contributed by atoms with Gasteiger partial charge in [0.15, 0.2) is 0 Å². The molecule has 1 unspecified atom stereocenters. The average Bonchev–Trinajstić information content (AvgIpc) is 3.16. The van der Waals surface area contributed by atoms with Crippen LogP contribution in [0.25, 0.3) is 11.1 Å². The fraction of sp³-hybridized carbons (Fsp3) is 0.385. The summed E-state index contributed by atoms with van der Waals surface area (Å²) in [7, 11) is 1.50. The number of rotatable bonds is 10. The summed E-state index contributed by atoms with van der Waals surface area (Å²) in [6.07, 6.45) is -1.25. The number of hydrogen-bond donors (Lipinski definition) is 4. The molecule has 0 bridgehead atoms. The Morgan fingerprint density at radius 3 is 2.11 bits per heavy atom. The van der Waals surface area contributed by atoms with E-state index < -0.39 is 29.4 Å². The Morgan fingerprint density at radius 1 is 1.00 bits per heavy atom. The van der Waals surface area contributed by atoms with Gasteiger partial charge in [-0.2, -0.15) is 0 Å². The maximum atomic E-state index is 12.7. The number of carbonyl (C=O) groups is 4. The van der Waals surface area contributed by atoms with Crippen molar-refractivity contribution in [1.29, 1.82) is 0 Å². The third kappa shape index (κ3) is 6.17. The van der Waals surface area contributed by atoms with Gasteiger partial charge in [-0.05, 0) is 42.5 Å². The van der Waals surface area contributed by atoms with Crippen LogP contribution in [-0.2, 0) is 19.1 Å². The predicted octanol–water partition coefficient (Wildman–Crippen LogP) is 2.65. The zero-order chi connectivity index (χ0) is 25.6. The molecule has 2 aromatic rings. The molecule has 0 heterocycles. The molecule has 3 rings (SSSR count). The molecule has 0 aliphatic heterocycles. The molecule has 186 valence electrons. The first-order valence-electron chi connectivity index (χ1n) is 11.5. The van der Waals surface area contributed by atoms with Crippen molar-refractivity contribution in [3.63, 3.8) is 0 Å². The normalized spacial score (nSPS) is 13.2. The molecule has 0 saturated carbocycles. The Bertz CT molecular complexity index is 1070. The maximum absolute atomic E-state index is 12.7. The van der Waals surface area contributed by atoms with Gasteiger partial charge in [0.25, 0.3) is 0 Å². The highest BCUT2D eigenvalue weighted by atomic mass is 16.5. The SMILES string of the molecule is CNC(=O)C(C)(C)CNC(=O)C(CCC(=O)O)NC(=O)OCC1c2ccccc2-c2ccccc21. The fourth-order valence-corrected chi connectivity index (χ4v) is 4.17. The van der Waals surface area contributed by atoms with Crippen molar-refractivity contribution in [3.05, 3.63) is 59.7 Å². The largest absolute Gasteiger partial charge is 0.481 e. The molecule has 0 spiro atoms. The highest BCUT2D eigenvalue weighted by Crippen LogP contribution is 2.44. The van der Waals surface area contributed by atoms with Crippen LogP contribution in [0.3, 0.4) is 0 Å². The van der Waals surface area contributed by atoms with Crippen LogP contribution < -0.4 is 16.0 Å². The number of carboxylic acid groups (broad SMARTS) is 1. The minimum Gasteiger partial charge on any atom is -0.481 e. The van der Waals surface area contributed by atoms with Crippen molar-refractivity contribution >= 4 is 23.9 Å². The quantitative estimate of drug-likeness (QED) is 0.412. The number of fused-ring (bicyclic) bond motifs is 3. The van der Waals surface area contributed by atoms with E-state index in [0.717, 1.165) is 22.3 Å². The molecule has 9 nitrogen and oxygen atoms in total. The van der Waals surface area contributed by atoms with Gasteiger partial charge >= 0.3 is 12.1 Å². The molecule has 0 radical (unpaired) electrons. The van der Waals surface area contributed by atoms with Crippen molar-refractivity contribution in [2.75, 3.05) is 20.2 Å². The zero-order valence-electron chi connectivity index (χ0n) is 20.1. The van der Waals surface area contributed by atoms with Gasteiger partial charge in [-0.15, -0.1) is 0 Å². The topological polar surface area (TPSA) is 134 Å². The van der Waals surface area contributed by atoms with E-state index in [9.17, 15) is 19.2 Å². The van der Waals surface area contributed by atoms with Gasteiger partial charge in [0.05, 0.1) is 5.41 Å². The van der Waals surface area contributed by atoms with Crippen LogP contribution in [0.4, 0.5) is 4.79 Å². The van der Waals surface area contributed by atoms with Crippen LogP contribution in [-0.4, -0.2) is 55.2 Å². The summed E-state index contributed by atoms with van der Waals surface area (Å²) in [5.74, 6) is -2.09. The number of ether oxygens (including phenoxy) is 1. The summed E-state index contributed by atoms with van der Waals surface area (Å²) < 4.78 is 5.49. The van der Waals surface area contributed by atoms with Gasteiger partial charge in [-0.3, -0.25) is 14.4 Å². The summed E-state index contributed by atoms with van der Waals surface area (Å²) in [5, 5.41) is 16.7. The number of aliphatic carboxylic acids is 1. The monoisotopic (exact) mass is 481 g/mol. The van der Waals surface area contributed by atoms with Crippen molar-refractivity contribution in [2.24, 2.45) is 5.41 Å². The van der Waals surface area contributed by atoms with Gasteiger partial charge in [-0.1, -0.05) is 48.5 Å². The first-order valence-corrected chi connectivity index (χ1v) is 11.5. The van der Waals surface area contributed by atoms with Crippen LogP contribution in [0, 0.1) is 5.41 Å². The second-order valence-corrected chi connectivity index (χ2v) is 9.14. The lowest BCUT2D eigenvalue weighted by molar-refractivity contribution is -0.137. The van der Waals surface area contributed by atoms with E-state index in [1.165, 1.54) is 7.05 Å². The summed E-state index contributed by atoms with van der Waals surface area (Å²) in [6, 6.07) is 14.7. The minimum atomic E-state index is -1.12. The number of carbonyl (C=O) groups excluding carboxylic acids is 3. The third-order valence-corrected chi connectivity index (χ3v) is 6.15. The van der Waals surface area contributed by atoms with E-state index in [2.05, 4.69) is 16.0 Å². The summed E-state index contributed by atoms with van der Waals surface area (Å²) in [5.41, 5.74) is 3.41. The van der Waals surface area contributed by atoms with E-state index >= 15 is 0 Å². The number of alkyl carbamates (subject to hydrolysis) is 1. The Labute approximate surface area is 204 Å². The Hall–Kier alpha value is -3.88. The van der Waals surface area contributed by atoms with Crippen LogP contribution in [0.1, 0.15) is 43.7 Å². The summed E-state index contributed by atoms with van der Waals surface area (Å²) in [4.78, 5) is 48.4. The molecule has 4 N–H and O–H groups in total. The first-order chi connectivity index (χ1) is 16.6. The molecule has 1 aliphatic carbocycles. The van der Waals surface area contributed by atoms with Gasteiger partial charge in [0.1, 0.15) is 12.6 Å². The lowest BCUT2D eigenvalue weighted by Gasteiger charge is -2.25. The zero-order valence-corrected chi connectivity index (χ0v) is 20.1. The van der Waals surface area contributed by atoms with Crippen molar-refractivity contribution < 1.29 is 29.0 Å². The predicted molar refractivity (Wildman–Crippen MR) is 130 cm³/mol. The Balaban J connectivity index is 1.64. The molecule has 0 aromatic heterocycles. The molecule has 9 heteroatoms. The molecular weight excluding hydrogens is 450 g/mol. The third-order valence-electron chi connectivity index (χ3n) is 6.15. The average molecular weight is 482 g/mol. The van der Waals surface area contributed by atoms with E-state index in [4.69, 9.17) is 9.84 Å². The molecule has 0 fully saturated rings. The lowest BCUT2D eigenvalue weighted by Crippen LogP contribution is -2.51. The van der Waals surface area contributed by atoms with Crippen LogP contribution in [0.5, 0.6) is 0 Å². The molecule has 1 atom stereocenters. The molecule has 3 amide bonds. The number of amides is 3. The molecule has 0 saturated heterocycles. The maximum Gasteiger partial charge on any atom is 0.407 e. The first kappa shape index (κ1) is 25.7. The van der Waals surface area contributed by atoms with E-state index in [-0.39, 0.29) is 37.8 Å². The highest BCUT2D eigenvalue weighted by molar-refractivity contribution is 5.87. The Kier molecular flexibility index (Phi) is 8.11. The van der Waals surface area contributed by atoms with Crippen LogP contribution in [0.15, 0.2) is 48.5 Å². The summed E-state index contributed by atoms with van der Waals surface area (Å²) >= 11 is 0. The smallest absolute Gasteiger partial charge is 0.407 e. The number of carboxylic acids is 1. The van der Waals surface area contributed by atoms with Gasteiger partial charge in [-0.25, -0.2) is 4.79 Å². The molecule has 2 aromatic carbocycles. The molecule has 35 heavy (non-hydrogen) atoms. The van der Waals surface area contributed by atoms with Crippen LogP contribution in [0.2, 0.25) is 0 Å². The second-order valence-electron chi connectivity index (χ2n) is 9.14. The number of nitrogens with one attached hydrogen (secondary N) is 3. The number of benzene rings is 2.